The van der Waals surface area contributed by atoms with Gasteiger partial charge in [-0.3, -0.25) is 19.3 Å². The number of H-pyrrole nitrogens is 1. The lowest BCUT2D eigenvalue weighted by atomic mass is 10.1. The van der Waals surface area contributed by atoms with Gasteiger partial charge >= 0.3 is 6.03 Å². The molecule has 2 N–H and O–H groups in total. The molecule has 1 aromatic heterocycles. The van der Waals surface area contributed by atoms with Crippen molar-refractivity contribution in [3.8, 4) is 0 Å². The lowest BCUT2D eigenvalue weighted by Crippen LogP contribution is -2.33. The summed E-state index contributed by atoms with van der Waals surface area (Å²) in [5.41, 5.74) is 1.93. The SMILES string of the molecule is Cc1cc(C)c(CNC(=O)CCCN2C(=O)CN(C)C2=O)c(=O)[nH]1. The van der Waals surface area contributed by atoms with Gasteiger partial charge in [0.25, 0.3) is 5.56 Å². The number of carbonyl (C=O) groups excluding carboxylic acids is 3. The maximum absolute atomic E-state index is 11.9. The minimum atomic E-state index is -0.331. The number of hydrogen-bond donors (Lipinski definition) is 2. The van der Waals surface area contributed by atoms with Gasteiger partial charge in [0.1, 0.15) is 6.54 Å². The van der Waals surface area contributed by atoms with E-state index in [0.717, 1.165) is 16.2 Å². The monoisotopic (exact) mass is 334 g/mol. The lowest BCUT2D eigenvalue weighted by molar-refractivity contribution is -0.126. The number of aryl methyl sites for hydroxylation is 2. The van der Waals surface area contributed by atoms with Crippen molar-refractivity contribution in [3.63, 3.8) is 0 Å². The summed E-state index contributed by atoms with van der Waals surface area (Å²) in [5, 5.41) is 2.70. The van der Waals surface area contributed by atoms with Gasteiger partial charge in [-0.15, -0.1) is 0 Å². The van der Waals surface area contributed by atoms with Crippen LogP contribution in [0, 0.1) is 13.8 Å². The number of rotatable bonds is 6. The average Bonchev–Trinajstić information content (AvgIpc) is 2.72. The van der Waals surface area contributed by atoms with Crippen LogP contribution in [0.1, 0.15) is 29.7 Å². The second-order valence-electron chi connectivity index (χ2n) is 6.01. The van der Waals surface area contributed by atoms with E-state index in [1.165, 1.54) is 4.90 Å². The van der Waals surface area contributed by atoms with Crippen molar-refractivity contribution in [2.75, 3.05) is 20.1 Å². The molecule has 130 valence electrons. The van der Waals surface area contributed by atoms with Crippen LogP contribution < -0.4 is 10.9 Å². The minimum absolute atomic E-state index is 0.0838. The fourth-order valence-electron chi connectivity index (χ4n) is 2.66. The van der Waals surface area contributed by atoms with Gasteiger partial charge in [-0.1, -0.05) is 0 Å². The smallest absolute Gasteiger partial charge is 0.326 e. The first-order valence-corrected chi connectivity index (χ1v) is 7.81. The standard InChI is InChI=1S/C16H22N4O4/c1-10-7-11(2)18-15(23)12(10)8-17-13(21)5-4-6-20-14(22)9-19(3)16(20)24/h7H,4-6,8-9H2,1-3H3,(H,17,21)(H,18,23). The molecule has 8 nitrogen and oxygen atoms in total. The summed E-state index contributed by atoms with van der Waals surface area (Å²) in [6.45, 7) is 4.09. The Labute approximate surface area is 139 Å². The van der Waals surface area contributed by atoms with Crippen LogP contribution in [0.4, 0.5) is 4.79 Å². The van der Waals surface area contributed by atoms with E-state index in [1.54, 1.807) is 14.0 Å². The third-order valence-corrected chi connectivity index (χ3v) is 3.97. The summed E-state index contributed by atoms with van der Waals surface area (Å²) < 4.78 is 0. The topological polar surface area (TPSA) is 103 Å². The third-order valence-electron chi connectivity index (χ3n) is 3.97. The summed E-state index contributed by atoms with van der Waals surface area (Å²) >= 11 is 0. The zero-order valence-electron chi connectivity index (χ0n) is 14.1. The maximum atomic E-state index is 11.9. The lowest BCUT2D eigenvalue weighted by Gasteiger charge is -2.13. The number of carbonyl (C=O) groups is 3. The van der Waals surface area contributed by atoms with Crippen molar-refractivity contribution in [2.45, 2.75) is 33.2 Å². The molecule has 0 saturated carbocycles. The molecular formula is C16H22N4O4. The molecule has 0 atom stereocenters. The highest BCUT2D eigenvalue weighted by molar-refractivity contribution is 6.01. The van der Waals surface area contributed by atoms with Crippen molar-refractivity contribution < 1.29 is 14.4 Å². The quantitative estimate of drug-likeness (QED) is 0.730. The Morgan fingerprint density at radius 1 is 1.29 bits per heavy atom. The van der Waals surface area contributed by atoms with Crippen LogP contribution >= 0.6 is 0 Å². The fraction of sp³-hybridized carbons (Fsp3) is 0.500. The molecule has 2 heterocycles. The summed E-state index contributed by atoms with van der Waals surface area (Å²) in [7, 11) is 1.56. The third kappa shape index (κ3) is 4.01. The molecule has 1 aliphatic heterocycles. The van der Waals surface area contributed by atoms with E-state index in [4.69, 9.17) is 0 Å². The van der Waals surface area contributed by atoms with Gasteiger partial charge in [0.2, 0.25) is 11.8 Å². The number of amides is 4. The molecule has 0 aromatic carbocycles. The number of aromatic nitrogens is 1. The van der Waals surface area contributed by atoms with E-state index in [0.29, 0.717) is 12.0 Å². The number of hydrogen-bond acceptors (Lipinski definition) is 4. The van der Waals surface area contributed by atoms with Crippen molar-refractivity contribution >= 4 is 17.8 Å². The number of pyridine rings is 1. The minimum Gasteiger partial charge on any atom is -0.352 e. The molecule has 0 radical (unpaired) electrons. The molecule has 0 spiro atoms. The number of imide groups is 1. The number of nitrogens with one attached hydrogen (secondary N) is 2. The number of urea groups is 1. The van der Waals surface area contributed by atoms with Crippen LogP contribution in [0.25, 0.3) is 0 Å². The number of nitrogens with zero attached hydrogens (tertiary/aromatic N) is 2. The highest BCUT2D eigenvalue weighted by Crippen LogP contribution is 2.09. The predicted molar refractivity (Wildman–Crippen MR) is 87.4 cm³/mol. The predicted octanol–water partition coefficient (Wildman–Crippen LogP) is 0.282. The number of aromatic amines is 1. The van der Waals surface area contributed by atoms with Crippen molar-refractivity contribution in [2.24, 2.45) is 0 Å². The molecule has 1 aromatic rings. The van der Waals surface area contributed by atoms with Crippen LogP contribution in [0.5, 0.6) is 0 Å². The molecule has 24 heavy (non-hydrogen) atoms. The van der Waals surface area contributed by atoms with Gasteiger partial charge in [0, 0.05) is 37.8 Å². The first-order valence-electron chi connectivity index (χ1n) is 7.81. The first-order chi connectivity index (χ1) is 11.3. The van der Waals surface area contributed by atoms with Gasteiger partial charge in [-0.2, -0.15) is 0 Å². The van der Waals surface area contributed by atoms with Crippen LogP contribution in [0.3, 0.4) is 0 Å². The Hall–Kier alpha value is -2.64. The van der Waals surface area contributed by atoms with Gasteiger partial charge in [-0.25, -0.2) is 4.79 Å². The Morgan fingerprint density at radius 2 is 2.00 bits per heavy atom. The van der Waals surface area contributed by atoms with Gasteiger partial charge < -0.3 is 15.2 Å². The molecule has 0 unspecified atom stereocenters. The van der Waals surface area contributed by atoms with Crippen LogP contribution in [-0.4, -0.2) is 52.8 Å². The molecular weight excluding hydrogens is 312 g/mol. The highest BCUT2D eigenvalue weighted by Gasteiger charge is 2.32. The zero-order valence-corrected chi connectivity index (χ0v) is 14.1. The van der Waals surface area contributed by atoms with E-state index in [1.807, 2.05) is 13.0 Å². The molecule has 0 bridgehead atoms. The molecule has 8 heteroatoms. The summed E-state index contributed by atoms with van der Waals surface area (Å²) in [4.78, 5) is 52.3. The van der Waals surface area contributed by atoms with Crippen molar-refractivity contribution in [1.29, 1.82) is 0 Å². The Balaban J connectivity index is 1.80. The summed E-state index contributed by atoms with van der Waals surface area (Å²) in [5.74, 6) is -0.466. The van der Waals surface area contributed by atoms with E-state index >= 15 is 0 Å². The van der Waals surface area contributed by atoms with Crippen LogP contribution in [-0.2, 0) is 16.1 Å². The number of likely N-dealkylation sites (N-methyl/N-ethyl adjacent to an activating group) is 1. The van der Waals surface area contributed by atoms with Crippen molar-refractivity contribution in [3.05, 3.63) is 33.2 Å². The normalized spacial score (nSPS) is 14.5. The van der Waals surface area contributed by atoms with Gasteiger partial charge in [0.15, 0.2) is 0 Å². The molecule has 1 saturated heterocycles. The van der Waals surface area contributed by atoms with E-state index in [-0.39, 0.29) is 49.5 Å². The maximum Gasteiger partial charge on any atom is 0.326 e. The molecule has 1 aliphatic rings. The molecule has 4 amide bonds. The second-order valence-corrected chi connectivity index (χ2v) is 6.01. The van der Waals surface area contributed by atoms with Gasteiger partial charge in [0.05, 0.1) is 0 Å². The Morgan fingerprint density at radius 3 is 2.58 bits per heavy atom. The Kier molecular flexibility index (Phi) is 5.38. The largest absolute Gasteiger partial charge is 0.352 e. The molecule has 0 aliphatic carbocycles. The molecule has 2 rings (SSSR count). The summed E-state index contributed by atoms with van der Waals surface area (Å²) in [6.07, 6.45) is 0.573. The zero-order chi connectivity index (χ0) is 17.9. The first kappa shape index (κ1) is 17.7. The summed E-state index contributed by atoms with van der Waals surface area (Å²) in [6, 6.07) is 1.52. The second kappa shape index (κ2) is 7.29. The fourth-order valence-corrected chi connectivity index (χ4v) is 2.66. The van der Waals surface area contributed by atoms with Crippen LogP contribution in [0.15, 0.2) is 10.9 Å². The van der Waals surface area contributed by atoms with Gasteiger partial charge in [-0.05, 0) is 31.9 Å². The van der Waals surface area contributed by atoms with Crippen molar-refractivity contribution in [1.82, 2.24) is 20.1 Å². The van der Waals surface area contributed by atoms with Crippen LogP contribution in [0.2, 0.25) is 0 Å². The van der Waals surface area contributed by atoms with E-state index in [9.17, 15) is 19.2 Å². The molecule has 1 fully saturated rings. The average molecular weight is 334 g/mol. The van der Waals surface area contributed by atoms with E-state index in [2.05, 4.69) is 10.3 Å². The Bertz CT molecular complexity index is 725. The van der Waals surface area contributed by atoms with E-state index < -0.39 is 0 Å². The highest BCUT2D eigenvalue weighted by atomic mass is 16.2.